The minimum atomic E-state index is -0.787. The second-order valence-corrected chi connectivity index (χ2v) is 18.8. The van der Waals surface area contributed by atoms with Crippen LogP contribution < -0.4 is 0 Å². The Kier molecular flexibility index (Phi) is 53.9. The number of hydrogen-bond acceptors (Lipinski definition) is 6. The Balaban J connectivity index is 4.31. The number of carbonyl (C=O) groups excluding carboxylic acids is 3. The van der Waals surface area contributed by atoms with Crippen LogP contribution in [-0.4, -0.2) is 37.2 Å². The van der Waals surface area contributed by atoms with E-state index in [4.69, 9.17) is 14.2 Å². The SMILES string of the molecule is CC/C=C\C/C=C\C/C=C\C/C=C\C/C=C\C/C=C\CCCCCCCCC(=O)OCC(COC(=O)CCCCCCCCCCC)OC(=O)CCCCCCCCC/C=C\C/C=C\CCCCC. The van der Waals surface area contributed by atoms with Crippen LogP contribution in [0.5, 0.6) is 0 Å². The molecule has 0 N–H and O–H groups in total. The van der Waals surface area contributed by atoms with Crippen LogP contribution in [0.15, 0.2) is 97.2 Å². The van der Waals surface area contributed by atoms with E-state index < -0.39 is 6.10 Å². The molecule has 0 fully saturated rings. The van der Waals surface area contributed by atoms with Crippen LogP contribution in [0.2, 0.25) is 0 Å². The Morgan fingerprint density at radius 1 is 0.304 bits per heavy atom. The molecule has 0 amide bonds. The van der Waals surface area contributed by atoms with Gasteiger partial charge in [0.15, 0.2) is 6.10 Å². The van der Waals surface area contributed by atoms with Gasteiger partial charge in [0.25, 0.3) is 0 Å². The molecule has 0 bridgehead atoms. The third-order valence-electron chi connectivity index (χ3n) is 12.1. The van der Waals surface area contributed by atoms with Crippen molar-refractivity contribution >= 4 is 17.9 Å². The van der Waals surface area contributed by atoms with Crippen molar-refractivity contribution < 1.29 is 28.6 Å². The lowest BCUT2D eigenvalue weighted by atomic mass is 10.1. The Labute approximate surface area is 426 Å². The van der Waals surface area contributed by atoms with E-state index in [1.807, 2.05) is 0 Å². The van der Waals surface area contributed by atoms with Crippen molar-refractivity contribution in [2.24, 2.45) is 0 Å². The van der Waals surface area contributed by atoms with Crippen LogP contribution >= 0.6 is 0 Å². The second kappa shape index (κ2) is 56.9. The molecule has 0 spiro atoms. The topological polar surface area (TPSA) is 78.9 Å². The highest BCUT2D eigenvalue weighted by atomic mass is 16.6. The van der Waals surface area contributed by atoms with Gasteiger partial charge in [-0.25, -0.2) is 0 Å². The number of rotatable bonds is 51. The highest BCUT2D eigenvalue weighted by Gasteiger charge is 2.19. The Hall–Kier alpha value is -3.67. The molecule has 0 saturated heterocycles. The van der Waals surface area contributed by atoms with Crippen molar-refractivity contribution in [3.05, 3.63) is 97.2 Å². The molecule has 0 radical (unpaired) electrons. The van der Waals surface area contributed by atoms with Crippen molar-refractivity contribution in [1.82, 2.24) is 0 Å². The zero-order valence-corrected chi connectivity index (χ0v) is 45.0. The van der Waals surface area contributed by atoms with E-state index in [1.54, 1.807) is 0 Å². The van der Waals surface area contributed by atoms with Gasteiger partial charge in [-0.05, 0) is 103 Å². The van der Waals surface area contributed by atoms with E-state index in [0.717, 1.165) is 122 Å². The van der Waals surface area contributed by atoms with Gasteiger partial charge >= 0.3 is 17.9 Å². The summed E-state index contributed by atoms with van der Waals surface area (Å²) in [6.45, 7) is 6.47. The van der Waals surface area contributed by atoms with Crippen molar-refractivity contribution in [3.63, 3.8) is 0 Å². The van der Waals surface area contributed by atoms with Gasteiger partial charge in [-0.2, -0.15) is 0 Å². The third-order valence-corrected chi connectivity index (χ3v) is 12.1. The van der Waals surface area contributed by atoms with Crippen LogP contribution in [0.3, 0.4) is 0 Å². The molecule has 394 valence electrons. The fourth-order valence-electron chi connectivity index (χ4n) is 7.77. The lowest BCUT2D eigenvalue weighted by Gasteiger charge is -2.18. The summed E-state index contributed by atoms with van der Waals surface area (Å²) in [4.78, 5) is 38.0. The smallest absolute Gasteiger partial charge is 0.306 e. The van der Waals surface area contributed by atoms with Crippen molar-refractivity contribution in [3.8, 4) is 0 Å². The maximum Gasteiger partial charge on any atom is 0.306 e. The lowest BCUT2D eigenvalue weighted by molar-refractivity contribution is -0.167. The molecule has 0 aliphatic carbocycles. The summed E-state index contributed by atoms with van der Waals surface area (Å²) < 4.78 is 16.8. The maximum absolute atomic E-state index is 12.8. The highest BCUT2D eigenvalue weighted by Crippen LogP contribution is 2.15. The van der Waals surface area contributed by atoms with Gasteiger partial charge in [-0.1, -0.05) is 240 Å². The maximum atomic E-state index is 12.8. The molecule has 0 aromatic carbocycles. The third kappa shape index (κ3) is 55.1. The molecule has 0 heterocycles. The molecule has 0 rings (SSSR count). The predicted octanol–water partition coefficient (Wildman–Crippen LogP) is 19.3. The quantitative estimate of drug-likeness (QED) is 0.0262. The Bertz CT molecular complexity index is 1380. The van der Waals surface area contributed by atoms with E-state index in [1.165, 1.54) is 103 Å². The molecular formula is C63H106O6. The van der Waals surface area contributed by atoms with E-state index in [-0.39, 0.29) is 31.1 Å². The monoisotopic (exact) mass is 959 g/mol. The summed E-state index contributed by atoms with van der Waals surface area (Å²) in [5.41, 5.74) is 0. The average Bonchev–Trinajstić information content (AvgIpc) is 3.35. The highest BCUT2D eigenvalue weighted by molar-refractivity contribution is 5.71. The number of hydrogen-bond donors (Lipinski definition) is 0. The van der Waals surface area contributed by atoms with Crippen molar-refractivity contribution in [2.45, 2.75) is 271 Å². The van der Waals surface area contributed by atoms with Crippen LogP contribution in [-0.2, 0) is 28.6 Å². The fraction of sp³-hybridized carbons (Fsp3) is 0.698. The standard InChI is InChI=1S/C63H106O6/c1-4-7-10-13-16-19-21-23-25-27-28-29-30-31-32-33-34-36-37-39-41-44-47-50-53-56-62(65)68-59-60(58-67-61(64)55-52-49-46-43-18-15-12-9-6-3)69-63(66)57-54-51-48-45-42-40-38-35-26-24-22-20-17-14-11-8-5-2/h7,10,16-17,19-20,23-26,28-29,31-32,34,36,60H,4-6,8-9,11-15,18,21-22,27,30,33,35,37-59H2,1-3H3/b10-7-,19-16-,20-17-,25-23-,26-24-,29-28-,32-31-,36-34-. The molecule has 1 unspecified atom stereocenters. The van der Waals surface area contributed by atoms with E-state index in [2.05, 4.69) is 118 Å². The molecule has 6 nitrogen and oxygen atoms in total. The zero-order chi connectivity index (χ0) is 50.0. The predicted molar refractivity (Wildman–Crippen MR) is 297 cm³/mol. The van der Waals surface area contributed by atoms with Crippen LogP contribution in [0.25, 0.3) is 0 Å². The molecular weight excluding hydrogens is 853 g/mol. The Morgan fingerprint density at radius 2 is 0.565 bits per heavy atom. The van der Waals surface area contributed by atoms with Gasteiger partial charge in [-0.3, -0.25) is 14.4 Å². The molecule has 1 atom stereocenters. The van der Waals surface area contributed by atoms with E-state index in [9.17, 15) is 14.4 Å². The van der Waals surface area contributed by atoms with Crippen LogP contribution in [0.4, 0.5) is 0 Å². The van der Waals surface area contributed by atoms with Crippen molar-refractivity contribution in [1.29, 1.82) is 0 Å². The summed E-state index contributed by atoms with van der Waals surface area (Å²) in [6, 6.07) is 0. The molecule has 0 aromatic rings. The van der Waals surface area contributed by atoms with Gasteiger partial charge in [0.1, 0.15) is 13.2 Å². The van der Waals surface area contributed by atoms with Crippen LogP contribution in [0, 0.1) is 0 Å². The number of ether oxygens (including phenoxy) is 3. The fourth-order valence-corrected chi connectivity index (χ4v) is 7.77. The number of esters is 3. The summed E-state index contributed by atoms with van der Waals surface area (Å²) in [6.07, 6.45) is 75.4. The summed E-state index contributed by atoms with van der Waals surface area (Å²) in [5, 5.41) is 0. The molecule has 0 saturated carbocycles. The summed E-state index contributed by atoms with van der Waals surface area (Å²) >= 11 is 0. The first-order valence-corrected chi connectivity index (χ1v) is 28.7. The van der Waals surface area contributed by atoms with E-state index >= 15 is 0 Å². The largest absolute Gasteiger partial charge is 0.462 e. The van der Waals surface area contributed by atoms with E-state index in [0.29, 0.717) is 19.3 Å². The van der Waals surface area contributed by atoms with Gasteiger partial charge < -0.3 is 14.2 Å². The first-order valence-electron chi connectivity index (χ1n) is 28.7. The first-order chi connectivity index (χ1) is 34.0. The summed E-state index contributed by atoms with van der Waals surface area (Å²) in [7, 11) is 0. The number of carbonyl (C=O) groups is 3. The molecule has 0 aliphatic rings. The molecule has 0 aromatic heterocycles. The van der Waals surface area contributed by atoms with Crippen molar-refractivity contribution in [2.75, 3.05) is 13.2 Å². The first kappa shape index (κ1) is 65.3. The van der Waals surface area contributed by atoms with Gasteiger partial charge in [0.05, 0.1) is 0 Å². The normalized spacial score (nSPS) is 12.8. The minimum absolute atomic E-state index is 0.0845. The number of allylic oxidation sites excluding steroid dienone is 16. The zero-order valence-electron chi connectivity index (χ0n) is 45.0. The average molecular weight is 960 g/mol. The number of unbranched alkanes of at least 4 members (excludes halogenated alkanes) is 24. The molecule has 69 heavy (non-hydrogen) atoms. The van der Waals surface area contributed by atoms with Crippen LogP contribution in [0.1, 0.15) is 265 Å². The minimum Gasteiger partial charge on any atom is -0.462 e. The summed E-state index contributed by atoms with van der Waals surface area (Å²) in [5.74, 6) is -0.908. The second-order valence-electron chi connectivity index (χ2n) is 18.8. The van der Waals surface area contributed by atoms with Gasteiger partial charge in [0, 0.05) is 19.3 Å². The molecule has 0 aliphatic heterocycles. The molecule has 6 heteroatoms. The van der Waals surface area contributed by atoms with Gasteiger partial charge in [-0.15, -0.1) is 0 Å². The lowest BCUT2D eigenvalue weighted by Crippen LogP contribution is -2.30. The van der Waals surface area contributed by atoms with Gasteiger partial charge in [0.2, 0.25) is 0 Å². The Morgan fingerprint density at radius 3 is 0.913 bits per heavy atom.